The third-order valence-electron chi connectivity index (χ3n) is 3.50. The van der Waals surface area contributed by atoms with Gasteiger partial charge in [0.05, 0.1) is 0 Å². The maximum atomic E-state index is 12.7. The van der Waals surface area contributed by atoms with E-state index in [-0.39, 0.29) is 11.7 Å². The van der Waals surface area contributed by atoms with E-state index in [0.29, 0.717) is 12.8 Å². The molecule has 1 aliphatic heterocycles. The Kier molecular flexibility index (Phi) is 4.73. The summed E-state index contributed by atoms with van der Waals surface area (Å²) < 4.78 is 12.7. The van der Waals surface area contributed by atoms with Crippen molar-refractivity contribution in [3.8, 4) is 0 Å². The van der Waals surface area contributed by atoms with Gasteiger partial charge in [0.15, 0.2) is 0 Å². The van der Waals surface area contributed by atoms with Gasteiger partial charge in [-0.05, 0) is 37.0 Å². The molecule has 98 valence electrons. The molecule has 0 atom stereocenters. The summed E-state index contributed by atoms with van der Waals surface area (Å²) in [5, 5.41) is 0. The lowest BCUT2D eigenvalue weighted by Crippen LogP contribution is -2.31. The van der Waals surface area contributed by atoms with Crippen LogP contribution in [0.25, 0.3) is 0 Å². The largest absolute Gasteiger partial charge is 0.343 e. The first-order valence-electron chi connectivity index (χ1n) is 6.78. The zero-order valence-electron chi connectivity index (χ0n) is 10.7. The third-order valence-corrected chi connectivity index (χ3v) is 3.50. The van der Waals surface area contributed by atoms with Crippen LogP contribution in [0.1, 0.15) is 37.7 Å². The second-order valence-corrected chi connectivity index (χ2v) is 4.92. The molecule has 1 aromatic rings. The fourth-order valence-corrected chi connectivity index (χ4v) is 2.38. The van der Waals surface area contributed by atoms with Gasteiger partial charge in [-0.1, -0.05) is 25.0 Å². The fourth-order valence-electron chi connectivity index (χ4n) is 2.38. The van der Waals surface area contributed by atoms with Gasteiger partial charge in [-0.3, -0.25) is 4.79 Å². The van der Waals surface area contributed by atoms with E-state index in [4.69, 9.17) is 0 Å². The number of halogens is 1. The number of hydrogen-bond acceptors (Lipinski definition) is 1. The Hall–Kier alpha value is -1.38. The van der Waals surface area contributed by atoms with Gasteiger partial charge in [0.1, 0.15) is 5.82 Å². The molecular formula is C15H20FNO. The molecule has 1 fully saturated rings. The Morgan fingerprint density at radius 3 is 2.28 bits per heavy atom. The summed E-state index contributed by atoms with van der Waals surface area (Å²) in [6, 6.07) is 6.41. The molecule has 1 aliphatic rings. The Balaban J connectivity index is 1.81. The lowest BCUT2D eigenvalue weighted by molar-refractivity contribution is -0.131. The van der Waals surface area contributed by atoms with Crippen molar-refractivity contribution >= 4 is 5.91 Å². The molecule has 0 spiro atoms. The maximum absolute atomic E-state index is 12.7. The van der Waals surface area contributed by atoms with Gasteiger partial charge in [0.2, 0.25) is 5.91 Å². The SMILES string of the molecule is O=C(CCc1ccc(F)cc1)N1CCCCCC1. The third kappa shape index (κ3) is 3.83. The van der Waals surface area contributed by atoms with Gasteiger partial charge in [-0.25, -0.2) is 4.39 Å². The van der Waals surface area contributed by atoms with E-state index in [2.05, 4.69) is 0 Å². The van der Waals surface area contributed by atoms with Gasteiger partial charge in [-0.15, -0.1) is 0 Å². The lowest BCUT2D eigenvalue weighted by atomic mass is 10.1. The predicted octanol–water partition coefficient (Wildman–Crippen LogP) is 3.16. The highest BCUT2D eigenvalue weighted by molar-refractivity contribution is 5.76. The van der Waals surface area contributed by atoms with E-state index in [9.17, 15) is 9.18 Å². The molecule has 0 aliphatic carbocycles. The molecule has 18 heavy (non-hydrogen) atoms. The standard InChI is InChI=1S/C15H20FNO/c16-14-8-5-13(6-9-14)7-10-15(18)17-11-3-1-2-4-12-17/h5-6,8-9H,1-4,7,10-12H2. The summed E-state index contributed by atoms with van der Waals surface area (Å²) in [7, 11) is 0. The van der Waals surface area contributed by atoms with E-state index in [1.54, 1.807) is 12.1 Å². The molecule has 0 saturated carbocycles. The molecule has 1 aromatic carbocycles. The molecule has 0 bridgehead atoms. The summed E-state index contributed by atoms with van der Waals surface area (Å²) in [5.41, 5.74) is 1.03. The topological polar surface area (TPSA) is 20.3 Å². The van der Waals surface area contributed by atoms with Crippen molar-refractivity contribution in [1.29, 1.82) is 0 Å². The highest BCUT2D eigenvalue weighted by atomic mass is 19.1. The van der Waals surface area contributed by atoms with Crippen LogP contribution in [0.15, 0.2) is 24.3 Å². The zero-order chi connectivity index (χ0) is 12.8. The van der Waals surface area contributed by atoms with Gasteiger partial charge in [-0.2, -0.15) is 0 Å². The van der Waals surface area contributed by atoms with Crippen molar-refractivity contribution in [3.63, 3.8) is 0 Å². The fraction of sp³-hybridized carbons (Fsp3) is 0.533. The van der Waals surface area contributed by atoms with Gasteiger partial charge < -0.3 is 4.90 Å². The van der Waals surface area contributed by atoms with Gasteiger partial charge in [0.25, 0.3) is 0 Å². The van der Waals surface area contributed by atoms with Crippen LogP contribution in [-0.2, 0) is 11.2 Å². The quantitative estimate of drug-likeness (QED) is 0.805. The van der Waals surface area contributed by atoms with Crippen molar-refractivity contribution in [2.24, 2.45) is 0 Å². The van der Waals surface area contributed by atoms with Crippen molar-refractivity contribution in [2.45, 2.75) is 38.5 Å². The van der Waals surface area contributed by atoms with Crippen molar-refractivity contribution in [1.82, 2.24) is 4.90 Å². The minimum atomic E-state index is -0.224. The van der Waals surface area contributed by atoms with E-state index >= 15 is 0 Å². The number of hydrogen-bond donors (Lipinski definition) is 0. The minimum Gasteiger partial charge on any atom is -0.343 e. The summed E-state index contributed by atoms with van der Waals surface area (Å²) >= 11 is 0. The average Bonchev–Trinajstić information content (AvgIpc) is 2.66. The van der Waals surface area contributed by atoms with E-state index < -0.39 is 0 Å². The predicted molar refractivity (Wildman–Crippen MR) is 69.8 cm³/mol. The number of rotatable bonds is 3. The Bertz CT molecular complexity index is 380. The molecule has 1 saturated heterocycles. The first kappa shape index (κ1) is 13.1. The normalized spacial score (nSPS) is 16.4. The Morgan fingerprint density at radius 1 is 1.06 bits per heavy atom. The van der Waals surface area contributed by atoms with Crippen LogP contribution in [-0.4, -0.2) is 23.9 Å². The number of carbonyl (C=O) groups excluding carboxylic acids is 1. The smallest absolute Gasteiger partial charge is 0.222 e. The van der Waals surface area contributed by atoms with E-state index in [1.165, 1.54) is 25.0 Å². The number of amides is 1. The second-order valence-electron chi connectivity index (χ2n) is 4.92. The van der Waals surface area contributed by atoms with Crippen LogP contribution < -0.4 is 0 Å². The summed E-state index contributed by atoms with van der Waals surface area (Å²) in [5.74, 6) is 0.0128. The number of nitrogens with zero attached hydrogens (tertiary/aromatic N) is 1. The molecule has 3 heteroatoms. The summed E-state index contributed by atoms with van der Waals surface area (Å²) in [6.45, 7) is 1.81. The highest BCUT2D eigenvalue weighted by Gasteiger charge is 2.14. The number of likely N-dealkylation sites (tertiary alicyclic amines) is 1. The van der Waals surface area contributed by atoms with Gasteiger partial charge in [0, 0.05) is 19.5 Å². The monoisotopic (exact) mass is 249 g/mol. The number of benzene rings is 1. The Labute approximate surface area is 108 Å². The molecular weight excluding hydrogens is 229 g/mol. The second kappa shape index (κ2) is 6.53. The van der Waals surface area contributed by atoms with Crippen LogP contribution >= 0.6 is 0 Å². The average molecular weight is 249 g/mol. The van der Waals surface area contributed by atoms with Crippen LogP contribution in [0.4, 0.5) is 4.39 Å². The van der Waals surface area contributed by atoms with E-state index in [0.717, 1.165) is 31.5 Å². The minimum absolute atomic E-state index is 0.224. The summed E-state index contributed by atoms with van der Waals surface area (Å²) in [4.78, 5) is 14.0. The van der Waals surface area contributed by atoms with Crippen LogP contribution in [0, 0.1) is 5.82 Å². The number of carbonyl (C=O) groups is 1. The van der Waals surface area contributed by atoms with Crippen molar-refractivity contribution < 1.29 is 9.18 Å². The first-order chi connectivity index (χ1) is 8.75. The molecule has 0 N–H and O–H groups in total. The van der Waals surface area contributed by atoms with Crippen LogP contribution in [0.5, 0.6) is 0 Å². The van der Waals surface area contributed by atoms with E-state index in [1.807, 2.05) is 4.90 Å². The van der Waals surface area contributed by atoms with Crippen molar-refractivity contribution in [2.75, 3.05) is 13.1 Å². The lowest BCUT2D eigenvalue weighted by Gasteiger charge is -2.20. The molecule has 2 nitrogen and oxygen atoms in total. The summed E-state index contributed by atoms with van der Waals surface area (Å²) in [6.07, 6.45) is 5.97. The zero-order valence-corrected chi connectivity index (χ0v) is 10.7. The molecule has 2 rings (SSSR count). The molecule has 0 aromatic heterocycles. The molecule has 1 amide bonds. The van der Waals surface area contributed by atoms with Crippen molar-refractivity contribution in [3.05, 3.63) is 35.6 Å². The van der Waals surface area contributed by atoms with Gasteiger partial charge >= 0.3 is 0 Å². The number of aryl methyl sites for hydroxylation is 1. The van der Waals surface area contributed by atoms with Crippen LogP contribution in [0.3, 0.4) is 0 Å². The molecule has 1 heterocycles. The molecule has 0 unspecified atom stereocenters. The highest BCUT2D eigenvalue weighted by Crippen LogP contribution is 2.12. The molecule has 0 radical (unpaired) electrons. The van der Waals surface area contributed by atoms with Crippen LogP contribution in [0.2, 0.25) is 0 Å². The maximum Gasteiger partial charge on any atom is 0.222 e. The Morgan fingerprint density at radius 2 is 1.67 bits per heavy atom. The first-order valence-corrected chi connectivity index (χ1v) is 6.78.